The van der Waals surface area contributed by atoms with Gasteiger partial charge in [-0.05, 0) is 24.8 Å². The number of hydrogen-bond donors (Lipinski definition) is 1. The summed E-state index contributed by atoms with van der Waals surface area (Å²) in [5.41, 5.74) is 2.61. The van der Waals surface area contributed by atoms with Crippen LogP contribution >= 0.6 is 0 Å². The summed E-state index contributed by atoms with van der Waals surface area (Å²) >= 11 is 0. The smallest absolute Gasteiger partial charge is 0.224 e. The Morgan fingerprint density at radius 2 is 1.70 bits per heavy atom. The molecule has 1 aromatic heterocycles. The molecule has 0 spiro atoms. The normalized spacial score (nSPS) is 11.7. The number of benzene rings is 1. The topological polar surface area (TPSA) is 42.7 Å². The van der Waals surface area contributed by atoms with E-state index in [4.69, 9.17) is 0 Å². The van der Waals surface area contributed by atoms with Gasteiger partial charge in [0.15, 0.2) is 5.82 Å². The molecule has 0 atom stereocenters. The lowest BCUT2D eigenvalue weighted by atomic mass is 9.87. The van der Waals surface area contributed by atoms with E-state index in [9.17, 15) is 0 Å². The van der Waals surface area contributed by atoms with Crippen LogP contribution in [0.4, 0.5) is 5.95 Å². The Kier molecular flexibility index (Phi) is 4.12. The Morgan fingerprint density at radius 3 is 2.20 bits per heavy atom. The van der Waals surface area contributed by atoms with Gasteiger partial charge in [0.25, 0.3) is 0 Å². The van der Waals surface area contributed by atoms with E-state index < -0.39 is 0 Å². The lowest BCUT2D eigenvalue weighted by Crippen LogP contribution is -2.10. The van der Waals surface area contributed by atoms with Crippen LogP contribution in [0.25, 0.3) is 11.4 Å². The molecule has 0 fully saturated rings. The van der Waals surface area contributed by atoms with Crippen LogP contribution in [0, 0.1) is 0 Å². The molecule has 0 saturated heterocycles. The maximum absolute atomic E-state index is 4.32. The summed E-state index contributed by atoms with van der Waals surface area (Å²) in [6, 6.07) is 8.62. The van der Waals surface area contributed by atoms with Gasteiger partial charge in [-0.15, -0.1) is 10.2 Å². The molecule has 0 saturated carbocycles. The van der Waals surface area contributed by atoms with Crippen molar-refractivity contribution < 1.29 is 0 Å². The zero-order valence-electron chi connectivity index (χ0n) is 13.1. The molecule has 4 heteroatoms. The van der Waals surface area contributed by atoms with Gasteiger partial charge in [-0.3, -0.25) is 4.57 Å². The third-order valence-corrected chi connectivity index (χ3v) is 3.41. The zero-order chi connectivity index (χ0) is 14.8. The Balaban J connectivity index is 2.37. The molecule has 0 aliphatic carbocycles. The molecule has 0 radical (unpaired) electrons. The maximum Gasteiger partial charge on any atom is 0.224 e. The molecule has 0 aliphatic heterocycles. The Hall–Kier alpha value is -1.84. The first-order valence-electron chi connectivity index (χ1n) is 7.25. The molecule has 0 aliphatic rings. The average molecular weight is 272 g/mol. The van der Waals surface area contributed by atoms with Gasteiger partial charge in [-0.2, -0.15) is 0 Å². The van der Waals surface area contributed by atoms with Crippen molar-refractivity contribution >= 4 is 5.95 Å². The molecule has 2 aromatic rings. The van der Waals surface area contributed by atoms with E-state index in [0.717, 1.165) is 30.4 Å². The summed E-state index contributed by atoms with van der Waals surface area (Å²) in [6.07, 6.45) is 0. The van der Waals surface area contributed by atoms with E-state index in [1.807, 2.05) is 0 Å². The lowest BCUT2D eigenvalue weighted by molar-refractivity contribution is 0.590. The first kappa shape index (κ1) is 14.6. The SMILES string of the molecule is CCNc1nnc(-c2ccc(C(C)(C)C)cc2)n1CC. The molecule has 1 heterocycles. The number of anilines is 1. The molecule has 0 amide bonds. The predicted molar refractivity (Wildman–Crippen MR) is 84.0 cm³/mol. The molecule has 20 heavy (non-hydrogen) atoms. The van der Waals surface area contributed by atoms with Crippen molar-refractivity contribution in [2.75, 3.05) is 11.9 Å². The molecule has 1 N–H and O–H groups in total. The maximum atomic E-state index is 4.32. The molecule has 1 aromatic carbocycles. The first-order chi connectivity index (χ1) is 9.47. The minimum atomic E-state index is 0.173. The third kappa shape index (κ3) is 2.84. The van der Waals surface area contributed by atoms with Crippen molar-refractivity contribution in [3.05, 3.63) is 29.8 Å². The van der Waals surface area contributed by atoms with Crippen molar-refractivity contribution in [1.82, 2.24) is 14.8 Å². The number of hydrogen-bond acceptors (Lipinski definition) is 3. The summed E-state index contributed by atoms with van der Waals surface area (Å²) in [6.45, 7) is 12.5. The van der Waals surface area contributed by atoms with Crippen molar-refractivity contribution in [2.45, 2.75) is 46.6 Å². The lowest BCUT2D eigenvalue weighted by Gasteiger charge is -2.19. The Bertz CT molecular complexity index is 561. The van der Waals surface area contributed by atoms with Gasteiger partial charge in [0.1, 0.15) is 0 Å². The average Bonchev–Trinajstić information content (AvgIpc) is 2.81. The summed E-state index contributed by atoms with van der Waals surface area (Å²) in [7, 11) is 0. The van der Waals surface area contributed by atoms with Gasteiger partial charge in [-0.25, -0.2) is 0 Å². The highest BCUT2D eigenvalue weighted by atomic mass is 15.3. The van der Waals surface area contributed by atoms with Crippen LogP contribution in [0.5, 0.6) is 0 Å². The fourth-order valence-corrected chi connectivity index (χ4v) is 2.22. The van der Waals surface area contributed by atoms with Crippen molar-refractivity contribution in [1.29, 1.82) is 0 Å². The van der Waals surface area contributed by atoms with Crippen LogP contribution in [0.1, 0.15) is 40.2 Å². The second-order valence-corrected chi connectivity index (χ2v) is 5.95. The second kappa shape index (κ2) is 5.65. The molecule has 4 nitrogen and oxygen atoms in total. The van der Waals surface area contributed by atoms with E-state index in [-0.39, 0.29) is 5.41 Å². The molecule has 0 unspecified atom stereocenters. The number of nitrogens with zero attached hydrogens (tertiary/aromatic N) is 3. The minimum Gasteiger partial charge on any atom is -0.355 e. The Labute approximate surface area is 121 Å². The number of aromatic nitrogens is 3. The molecular weight excluding hydrogens is 248 g/mol. The molecule has 0 bridgehead atoms. The molecular formula is C16H24N4. The van der Waals surface area contributed by atoms with Gasteiger partial charge in [-0.1, -0.05) is 45.0 Å². The van der Waals surface area contributed by atoms with Crippen LogP contribution in [-0.2, 0) is 12.0 Å². The molecule has 2 rings (SSSR count). The summed E-state index contributed by atoms with van der Waals surface area (Å²) in [4.78, 5) is 0. The third-order valence-electron chi connectivity index (χ3n) is 3.41. The first-order valence-corrected chi connectivity index (χ1v) is 7.25. The van der Waals surface area contributed by atoms with E-state index in [1.165, 1.54) is 5.56 Å². The van der Waals surface area contributed by atoms with Crippen molar-refractivity contribution in [3.63, 3.8) is 0 Å². The van der Waals surface area contributed by atoms with Crippen molar-refractivity contribution in [2.24, 2.45) is 0 Å². The fourth-order valence-electron chi connectivity index (χ4n) is 2.22. The largest absolute Gasteiger partial charge is 0.355 e. The number of rotatable bonds is 4. The number of nitrogens with one attached hydrogen (secondary N) is 1. The summed E-state index contributed by atoms with van der Waals surface area (Å²) in [5.74, 6) is 1.76. The summed E-state index contributed by atoms with van der Waals surface area (Å²) in [5, 5.41) is 11.8. The van der Waals surface area contributed by atoms with E-state index in [2.05, 4.69) is 79.0 Å². The van der Waals surface area contributed by atoms with Gasteiger partial charge < -0.3 is 5.32 Å². The van der Waals surface area contributed by atoms with Gasteiger partial charge in [0, 0.05) is 18.7 Å². The molecule has 108 valence electrons. The summed E-state index contributed by atoms with van der Waals surface area (Å²) < 4.78 is 2.11. The highest BCUT2D eigenvalue weighted by molar-refractivity contribution is 5.58. The van der Waals surface area contributed by atoms with Crippen LogP contribution in [0.2, 0.25) is 0 Å². The highest BCUT2D eigenvalue weighted by Crippen LogP contribution is 2.26. The highest BCUT2D eigenvalue weighted by Gasteiger charge is 2.15. The Morgan fingerprint density at radius 1 is 1.05 bits per heavy atom. The van der Waals surface area contributed by atoms with E-state index in [0.29, 0.717) is 0 Å². The van der Waals surface area contributed by atoms with Crippen LogP contribution in [0.3, 0.4) is 0 Å². The zero-order valence-corrected chi connectivity index (χ0v) is 13.1. The van der Waals surface area contributed by atoms with E-state index in [1.54, 1.807) is 0 Å². The fraction of sp³-hybridized carbons (Fsp3) is 0.500. The predicted octanol–water partition coefficient (Wildman–Crippen LogP) is 3.69. The monoisotopic (exact) mass is 272 g/mol. The van der Waals surface area contributed by atoms with Gasteiger partial charge >= 0.3 is 0 Å². The van der Waals surface area contributed by atoms with Crippen molar-refractivity contribution in [3.8, 4) is 11.4 Å². The minimum absolute atomic E-state index is 0.173. The van der Waals surface area contributed by atoms with Crippen LogP contribution in [0.15, 0.2) is 24.3 Å². The quantitative estimate of drug-likeness (QED) is 0.923. The second-order valence-electron chi connectivity index (χ2n) is 5.95. The van der Waals surface area contributed by atoms with E-state index >= 15 is 0 Å². The van der Waals surface area contributed by atoms with Crippen LogP contribution in [-0.4, -0.2) is 21.3 Å². The van der Waals surface area contributed by atoms with Gasteiger partial charge in [0.2, 0.25) is 5.95 Å². The van der Waals surface area contributed by atoms with Gasteiger partial charge in [0.05, 0.1) is 0 Å². The standard InChI is InChI=1S/C16H24N4/c1-6-17-15-19-18-14(20(15)7-2)12-8-10-13(11-9-12)16(3,4)5/h8-11H,6-7H2,1-5H3,(H,17,19). The van der Waals surface area contributed by atoms with Crippen LogP contribution < -0.4 is 5.32 Å².